The molecule has 0 saturated heterocycles. The summed E-state index contributed by atoms with van der Waals surface area (Å²) in [7, 11) is 1.77. The van der Waals surface area contributed by atoms with Crippen molar-refractivity contribution in [3.63, 3.8) is 0 Å². The summed E-state index contributed by atoms with van der Waals surface area (Å²) in [5, 5.41) is 10.6. The van der Waals surface area contributed by atoms with Gasteiger partial charge in [-0.3, -0.25) is 4.99 Å². The highest BCUT2D eigenvalue weighted by Crippen LogP contribution is 2.15. The van der Waals surface area contributed by atoms with Gasteiger partial charge < -0.3 is 19.9 Å². The lowest BCUT2D eigenvalue weighted by molar-refractivity contribution is 0.0646. The molecule has 1 unspecified atom stereocenters. The molecular formula is C21H34IN5O2. The van der Waals surface area contributed by atoms with E-state index in [0.717, 1.165) is 44.1 Å². The van der Waals surface area contributed by atoms with Gasteiger partial charge in [-0.2, -0.15) is 4.98 Å². The topological polar surface area (TPSA) is 84.6 Å². The Morgan fingerprint density at radius 2 is 1.79 bits per heavy atom. The number of aromatic nitrogens is 2. The van der Waals surface area contributed by atoms with Crippen LogP contribution in [0.5, 0.6) is 0 Å². The standard InChI is InChI=1S/C21H33N5O2.HI/c1-16(2)20-25-19(28-26-20)12-8-13-23-21(22-4)24-14-9-15-27-17(3)18-10-6-5-7-11-18;/h5-7,10-11,16-17H,8-9,12-15H2,1-4H3,(H2,22,23,24);1H. The van der Waals surface area contributed by atoms with Crippen molar-refractivity contribution in [2.45, 2.75) is 52.1 Å². The van der Waals surface area contributed by atoms with Crippen LogP contribution in [0, 0.1) is 0 Å². The Hall–Kier alpha value is -1.68. The van der Waals surface area contributed by atoms with E-state index >= 15 is 0 Å². The number of benzene rings is 1. The SMILES string of the molecule is CN=C(NCCCOC(C)c1ccccc1)NCCCc1nc(C(C)C)no1.I. The number of guanidine groups is 1. The highest BCUT2D eigenvalue weighted by molar-refractivity contribution is 14.0. The normalized spacial score (nSPS) is 12.5. The van der Waals surface area contributed by atoms with E-state index in [-0.39, 0.29) is 30.1 Å². The van der Waals surface area contributed by atoms with Crippen LogP contribution in [0.2, 0.25) is 0 Å². The summed E-state index contributed by atoms with van der Waals surface area (Å²) < 4.78 is 11.1. The maximum absolute atomic E-state index is 5.89. The van der Waals surface area contributed by atoms with Gasteiger partial charge in [0.2, 0.25) is 5.89 Å². The van der Waals surface area contributed by atoms with Gasteiger partial charge in [-0.15, -0.1) is 24.0 Å². The van der Waals surface area contributed by atoms with Gasteiger partial charge in [0.05, 0.1) is 6.10 Å². The minimum absolute atomic E-state index is 0. The minimum Gasteiger partial charge on any atom is -0.374 e. The van der Waals surface area contributed by atoms with Crippen LogP contribution in [0.3, 0.4) is 0 Å². The molecule has 29 heavy (non-hydrogen) atoms. The molecule has 162 valence electrons. The Morgan fingerprint density at radius 3 is 2.41 bits per heavy atom. The minimum atomic E-state index is 0. The molecule has 0 bridgehead atoms. The van der Waals surface area contributed by atoms with E-state index in [9.17, 15) is 0 Å². The maximum atomic E-state index is 5.89. The van der Waals surface area contributed by atoms with Crippen LogP contribution in [0.1, 0.15) is 62.9 Å². The molecule has 2 rings (SSSR count). The molecule has 2 N–H and O–H groups in total. The zero-order valence-corrected chi connectivity index (χ0v) is 20.2. The third kappa shape index (κ3) is 9.58. The fourth-order valence-electron chi connectivity index (χ4n) is 2.63. The summed E-state index contributed by atoms with van der Waals surface area (Å²) >= 11 is 0. The number of nitrogens with zero attached hydrogens (tertiary/aromatic N) is 3. The lowest BCUT2D eigenvalue weighted by atomic mass is 10.1. The molecule has 7 nitrogen and oxygen atoms in total. The second kappa shape index (κ2) is 14.3. The number of aryl methyl sites for hydroxylation is 1. The highest BCUT2D eigenvalue weighted by Gasteiger charge is 2.09. The van der Waals surface area contributed by atoms with E-state index in [1.165, 1.54) is 5.56 Å². The predicted molar refractivity (Wildman–Crippen MR) is 127 cm³/mol. The van der Waals surface area contributed by atoms with Crippen molar-refractivity contribution in [1.82, 2.24) is 20.8 Å². The van der Waals surface area contributed by atoms with E-state index in [1.54, 1.807) is 7.05 Å². The molecule has 1 heterocycles. The first-order valence-electron chi connectivity index (χ1n) is 10.0. The average Bonchev–Trinajstić information content (AvgIpc) is 3.19. The number of hydrogen-bond donors (Lipinski definition) is 2. The van der Waals surface area contributed by atoms with Gasteiger partial charge in [0.25, 0.3) is 0 Å². The van der Waals surface area contributed by atoms with Crippen molar-refractivity contribution in [2.24, 2.45) is 4.99 Å². The zero-order chi connectivity index (χ0) is 20.2. The van der Waals surface area contributed by atoms with Gasteiger partial charge in [-0.05, 0) is 25.3 Å². The molecule has 8 heteroatoms. The van der Waals surface area contributed by atoms with Crippen LogP contribution < -0.4 is 10.6 Å². The summed E-state index contributed by atoms with van der Waals surface area (Å²) in [6.07, 6.45) is 2.68. The Kier molecular flexibility index (Phi) is 12.5. The number of nitrogens with one attached hydrogen (secondary N) is 2. The number of halogens is 1. The lowest BCUT2D eigenvalue weighted by Crippen LogP contribution is -2.38. The second-order valence-electron chi connectivity index (χ2n) is 7.01. The zero-order valence-electron chi connectivity index (χ0n) is 17.9. The fraction of sp³-hybridized carbons (Fsp3) is 0.571. The van der Waals surface area contributed by atoms with E-state index < -0.39 is 0 Å². The van der Waals surface area contributed by atoms with Gasteiger partial charge in [-0.25, -0.2) is 0 Å². The van der Waals surface area contributed by atoms with Gasteiger partial charge in [0.15, 0.2) is 11.8 Å². The molecule has 1 aromatic carbocycles. The van der Waals surface area contributed by atoms with E-state index in [2.05, 4.69) is 58.7 Å². The molecule has 0 amide bonds. The van der Waals surface area contributed by atoms with Crippen LogP contribution in [0.25, 0.3) is 0 Å². The Labute approximate surface area is 191 Å². The maximum Gasteiger partial charge on any atom is 0.226 e. The second-order valence-corrected chi connectivity index (χ2v) is 7.01. The van der Waals surface area contributed by atoms with Crippen molar-refractivity contribution in [1.29, 1.82) is 0 Å². The van der Waals surface area contributed by atoms with Crippen molar-refractivity contribution < 1.29 is 9.26 Å². The molecule has 0 fully saturated rings. The van der Waals surface area contributed by atoms with E-state index in [1.807, 2.05) is 18.2 Å². The van der Waals surface area contributed by atoms with Crippen molar-refractivity contribution in [3.05, 3.63) is 47.6 Å². The quantitative estimate of drug-likeness (QED) is 0.203. The first-order chi connectivity index (χ1) is 13.6. The summed E-state index contributed by atoms with van der Waals surface area (Å²) in [5.41, 5.74) is 1.20. The number of ether oxygens (including phenoxy) is 1. The Bertz CT molecular complexity index is 706. The average molecular weight is 515 g/mol. The van der Waals surface area contributed by atoms with E-state index in [4.69, 9.17) is 9.26 Å². The Morgan fingerprint density at radius 1 is 1.10 bits per heavy atom. The number of hydrogen-bond acceptors (Lipinski definition) is 5. The molecular weight excluding hydrogens is 481 g/mol. The molecule has 0 spiro atoms. The number of rotatable bonds is 11. The number of aliphatic imine (C=N–C) groups is 1. The van der Waals surface area contributed by atoms with Crippen LogP contribution >= 0.6 is 24.0 Å². The van der Waals surface area contributed by atoms with Gasteiger partial charge in [0.1, 0.15) is 0 Å². The third-order valence-electron chi connectivity index (χ3n) is 4.33. The van der Waals surface area contributed by atoms with E-state index in [0.29, 0.717) is 18.4 Å². The van der Waals surface area contributed by atoms with Crippen molar-refractivity contribution >= 4 is 29.9 Å². The summed E-state index contributed by atoms with van der Waals surface area (Å²) in [5.74, 6) is 2.55. The predicted octanol–water partition coefficient (Wildman–Crippen LogP) is 4.08. The smallest absolute Gasteiger partial charge is 0.226 e. The highest BCUT2D eigenvalue weighted by atomic mass is 127. The monoisotopic (exact) mass is 515 g/mol. The molecule has 0 aliphatic heterocycles. The molecule has 1 atom stereocenters. The summed E-state index contributed by atoms with van der Waals surface area (Å²) in [6.45, 7) is 8.49. The molecule has 1 aromatic heterocycles. The lowest BCUT2D eigenvalue weighted by Gasteiger charge is -2.14. The van der Waals surface area contributed by atoms with Crippen LogP contribution in [-0.4, -0.2) is 42.8 Å². The molecule has 0 aliphatic carbocycles. The summed E-state index contributed by atoms with van der Waals surface area (Å²) in [4.78, 5) is 8.63. The third-order valence-corrected chi connectivity index (χ3v) is 4.33. The molecule has 0 radical (unpaired) electrons. The van der Waals surface area contributed by atoms with Gasteiger partial charge in [-0.1, -0.05) is 49.3 Å². The first-order valence-corrected chi connectivity index (χ1v) is 10.0. The Balaban J connectivity index is 0.00000420. The molecule has 2 aromatic rings. The van der Waals surface area contributed by atoms with Gasteiger partial charge >= 0.3 is 0 Å². The van der Waals surface area contributed by atoms with Gasteiger partial charge in [0, 0.05) is 39.1 Å². The van der Waals surface area contributed by atoms with Crippen LogP contribution in [0.15, 0.2) is 39.8 Å². The molecule has 0 aliphatic rings. The van der Waals surface area contributed by atoms with Crippen LogP contribution in [0.4, 0.5) is 0 Å². The first kappa shape index (κ1) is 25.4. The largest absolute Gasteiger partial charge is 0.374 e. The summed E-state index contributed by atoms with van der Waals surface area (Å²) in [6, 6.07) is 10.3. The fourth-order valence-corrected chi connectivity index (χ4v) is 2.63. The van der Waals surface area contributed by atoms with Crippen LogP contribution in [-0.2, 0) is 11.2 Å². The molecule has 0 saturated carbocycles. The van der Waals surface area contributed by atoms with Crippen molar-refractivity contribution in [3.8, 4) is 0 Å². The van der Waals surface area contributed by atoms with Crippen molar-refractivity contribution in [2.75, 3.05) is 26.7 Å².